The average molecular weight is 462 g/mol. The fourth-order valence-corrected chi connectivity index (χ4v) is 5.84. The number of aromatic nitrogens is 1. The van der Waals surface area contributed by atoms with E-state index in [9.17, 15) is 12.8 Å². The van der Waals surface area contributed by atoms with E-state index in [4.69, 9.17) is 4.74 Å². The molecular formula is C24H32FN3O3S. The Bertz CT molecular complexity index is 981. The van der Waals surface area contributed by atoms with Gasteiger partial charge in [0.05, 0.1) is 19.0 Å². The summed E-state index contributed by atoms with van der Waals surface area (Å²) in [6.07, 6.45) is 7.69. The van der Waals surface area contributed by atoms with Crippen molar-refractivity contribution in [2.24, 2.45) is 5.92 Å². The Morgan fingerprint density at radius 2 is 1.84 bits per heavy atom. The fourth-order valence-electron chi connectivity index (χ4n) is 4.98. The molecule has 6 nitrogen and oxygen atoms in total. The van der Waals surface area contributed by atoms with Crippen LogP contribution in [0.2, 0.25) is 0 Å². The molecule has 0 radical (unpaired) electrons. The standard InChI is InChI=1S/C24H32FN3O3S/c1-32(29,30)27-23-13-15-28(24-22(25)8-5-14-26-24)16-20(23)17-31-21-11-9-19(10-12-21)18-6-3-2-4-7-18/h2-8,14,19-21,23,27H,9-13,15-17H2,1H3/t19?,20-,21?,23-/m0/s1. The van der Waals surface area contributed by atoms with Crippen LogP contribution in [0.15, 0.2) is 48.7 Å². The number of benzene rings is 1. The highest BCUT2D eigenvalue weighted by molar-refractivity contribution is 7.88. The Hall–Kier alpha value is -2.03. The Kier molecular flexibility index (Phi) is 7.43. The third-order valence-electron chi connectivity index (χ3n) is 6.63. The number of piperidine rings is 1. The molecule has 1 N–H and O–H groups in total. The first-order valence-electron chi connectivity index (χ1n) is 11.4. The van der Waals surface area contributed by atoms with Crippen LogP contribution in [-0.2, 0) is 14.8 Å². The van der Waals surface area contributed by atoms with Gasteiger partial charge in [-0.25, -0.2) is 22.5 Å². The lowest BCUT2D eigenvalue weighted by atomic mass is 9.82. The first-order valence-corrected chi connectivity index (χ1v) is 13.3. The van der Waals surface area contributed by atoms with Gasteiger partial charge in [0.25, 0.3) is 0 Å². The lowest BCUT2D eigenvalue weighted by Gasteiger charge is -2.40. The van der Waals surface area contributed by atoms with Gasteiger partial charge in [0.2, 0.25) is 10.0 Å². The van der Waals surface area contributed by atoms with E-state index in [1.807, 2.05) is 11.0 Å². The van der Waals surface area contributed by atoms with Gasteiger partial charge in [0, 0.05) is 31.2 Å². The van der Waals surface area contributed by atoms with Crippen molar-refractivity contribution in [2.45, 2.75) is 50.2 Å². The first kappa shape index (κ1) is 23.1. The Labute approximate surface area is 190 Å². The lowest BCUT2D eigenvalue weighted by Crippen LogP contribution is -2.53. The molecule has 4 rings (SSSR count). The van der Waals surface area contributed by atoms with Gasteiger partial charge in [-0.2, -0.15) is 0 Å². The second-order valence-electron chi connectivity index (χ2n) is 9.02. The second-order valence-corrected chi connectivity index (χ2v) is 10.8. The van der Waals surface area contributed by atoms with Gasteiger partial charge >= 0.3 is 0 Å². The number of hydrogen-bond acceptors (Lipinski definition) is 5. The first-order chi connectivity index (χ1) is 15.4. The number of sulfonamides is 1. The maximum absolute atomic E-state index is 14.3. The van der Waals surface area contributed by atoms with Gasteiger partial charge in [-0.15, -0.1) is 0 Å². The lowest BCUT2D eigenvalue weighted by molar-refractivity contribution is -0.00217. The molecule has 2 aliphatic rings. The molecule has 0 amide bonds. The van der Waals surface area contributed by atoms with E-state index in [2.05, 4.69) is 34.0 Å². The molecule has 1 aromatic heterocycles. The maximum atomic E-state index is 14.3. The zero-order chi connectivity index (χ0) is 22.6. The third-order valence-corrected chi connectivity index (χ3v) is 7.36. The van der Waals surface area contributed by atoms with Crippen molar-refractivity contribution in [3.05, 3.63) is 60.0 Å². The number of pyridine rings is 1. The molecular weight excluding hydrogens is 429 g/mol. The molecule has 1 aliphatic heterocycles. The summed E-state index contributed by atoms with van der Waals surface area (Å²) < 4.78 is 47.1. The van der Waals surface area contributed by atoms with Crippen molar-refractivity contribution in [1.29, 1.82) is 0 Å². The van der Waals surface area contributed by atoms with Crippen LogP contribution in [0.25, 0.3) is 0 Å². The smallest absolute Gasteiger partial charge is 0.208 e. The van der Waals surface area contributed by atoms with Crippen molar-refractivity contribution in [3.8, 4) is 0 Å². The van der Waals surface area contributed by atoms with E-state index in [1.165, 1.54) is 17.9 Å². The SMILES string of the molecule is CS(=O)(=O)N[C@H]1CCN(c2ncccc2F)C[C@H]1COC1CCC(c2ccccc2)CC1. The summed E-state index contributed by atoms with van der Waals surface area (Å²) in [6.45, 7) is 1.49. The van der Waals surface area contributed by atoms with Gasteiger partial charge in [-0.3, -0.25) is 0 Å². The minimum absolute atomic E-state index is 0.0771. The number of rotatable bonds is 7. The van der Waals surface area contributed by atoms with Crippen LogP contribution in [0.3, 0.4) is 0 Å². The van der Waals surface area contributed by atoms with Crippen LogP contribution < -0.4 is 9.62 Å². The van der Waals surface area contributed by atoms with Crippen molar-refractivity contribution >= 4 is 15.8 Å². The van der Waals surface area contributed by atoms with Crippen molar-refractivity contribution in [3.63, 3.8) is 0 Å². The minimum atomic E-state index is -3.34. The van der Waals surface area contributed by atoms with E-state index in [1.54, 1.807) is 12.3 Å². The molecule has 2 atom stereocenters. The topological polar surface area (TPSA) is 71.5 Å². The van der Waals surface area contributed by atoms with Crippen molar-refractivity contribution in [2.75, 3.05) is 30.9 Å². The second kappa shape index (κ2) is 10.3. The molecule has 0 bridgehead atoms. The Morgan fingerprint density at radius 1 is 1.09 bits per heavy atom. The molecule has 8 heteroatoms. The Morgan fingerprint density at radius 3 is 2.53 bits per heavy atom. The fraction of sp³-hybridized carbons (Fsp3) is 0.542. The number of halogens is 1. The largest absolute Gasteiger partial charge is 0.378 e. The van der Waals surface area contributed by atoms with Crippen LogP contribution in [0, 0.1) is 11.7 Å². The summed E-state index contributed by atoms with van der Waals surface area (Å²) in [4.78, 5) is 6.09. The van der Waals surface area contributed by atoms with Crippen LogP contribution in [0.5, 0.6) is 0 Å². The predicted molar refractivity (Wildman–Crippen MR) is 124 cm³/mol. The Balaban J connectivity index is 1.36. The van der Waals surface area contributed by atoms with E-state index in [0.29, 0.717) is 37.9 Å². The normalized spacial score (nSPS) is 26.8. The van der Waals surface area contributed by atoms with Gasteiger partial charge in [-0.05, 0) is 55.7 Å². The predicted octanol–water partition coefficient (Wildman–Crippen LogP) is 3.71. The van der Waals surface area contributed by atoms with Crippen LogP contribution in [0.4, 0.5) is 10.2 Å². The number of nitrogens with one attached hydrogen (secondary N) is 1. The highest BCUT2D eigenvalue weighted by Gasteiger charge is 2.34. The molecule has 1 saturated carbocycles. The number of hydrogen-bond donors (Lipinski definition) is 1. The quantitative estimate of drug-likeness (QED) is 0.681. The zero-order valence-corrected chi connectivity index (χ0v) is 19.3. The summed E-state index contributed by atoms with van der Waals surface area (Å²) in [5.74, 6) is 0.458. The molecule has 1 aliphatic carbocycles. The van der Waals surface area contributed by atoms with Gasteiger partial charge < -0.3 is 9.64 Å². The molecule has 174 valence electrons. The molecule has 0 spiro atoms. The van der Waals surface area contributed by atoms with Crippen LogP contribution in [-0.4, -0.2) is 51.5 Å². The van der Waals surface area contributed by atoms with Crippen LogP contribution >= 0.6 is 0 Å². The number of anilines is 1. The summed E-state index contributed by atoms with van der Waals surface area (Å²) in [7, 11) is -3.34. The van der Waals surface area contributed by atoms with Gasteiger partial charge in [0.1, 0.15) is 0 Å². The summed E-state index contributed by atoms with van der Waals surface area (Å²) in [5.41, 5.74) is 1.39. The highest BCUT2D eigenvalue weighted by atomic mass is 32.2. The van der Waals surface area contributed by atoms with E-state index in [0.717, 1.165) is 25.7 Å². The monoisotopic (exact) mass is 461 g/mol. The molecule has 2 heterocycles. The molecule has 0 unspecified atom stereocenters. The maximum Gasteiger partial charge on any atom is 0.208 e. The van der Waals surface area contributed by atoms with Gasteiger partial charge in [0.15, 0.2) is 11.6 Å². The number of nitrogens with zero attached hydrogens (tertiary/aromatic N) is 2. The summed E-state index contributed by atoms with van der Waals surface area (Å²) in [6, 6.07) is 13.4. The van der Waals surface area contributed by atoms with E-state index >= 15 is 0 Å². The van der Waals surface area contributed by atoms with Crippen molar-refractivity contribution in [1.82, 2.24) is 9.71 Å². The highest BCUT2D eigenvalue weighted by Crippen LogP contribution is 2.34. The third kappa shape index (κ3) is 6.05. The van der Waals surface area contributed by atoms with Crippen LogP contribution in [0.1, 0.15) is 43.6 Å². The molecule has 1 saturated heterocycles. The number of ether oxygens (including phenoxy) is 1. The van der Waals surface area contributed by atoms with Gasteiger partial charge in [-0.1, -0.05) is 30.3 Å². The molecule has 1 aromatic carbocycles. The summed E-state index contributed by atoms with van der Waals surface area (Å²) >= 11 is 0. The molecule has 32 heavy (non-hydrogen) atoms. The average Bonchev–Trinajstić information content (AvgIpc) is 2.79. The molecule has 2 fully saturated rings. The zero-order valence-electron chi connectivity index (χ0n) is 18.5. The molecule has 2 aromatic rings. The summed E-state index contributed by atoms with van der Waals surface area (Å²) in [5, 5.41) is 0. The van der Waals surface area contributed by atoms with E-state index < -0.39 is 10.0 Å². The minimum Gasteiger partial charge on any atom is -0.378 e. The van der Waals surface area contributed by atoms with Crippen molar-refractivity contribution < 1.29 is 17.5 Å². The van der Waals surface area contributed by atoms with E-state index in [-0.39, 0.29) is 23.9 Å².